The van der Waals surface area contributed by atoms with E-state index in [4.69, 9.17) is 0 Å². The first-order valence-corrected chi connectivity index (χ1v) is 5.84. The van der Waals surface area contributed by atoms with Crippen molar-refractivity contribution < 1.29 is 13.6 Å². The van der Waals surface area contributed by atoms with Crippen molar-refractivity contribution >= 4 is 22.4 Å². The fourth-order valence-corrected chi connectivity index (χ4v) is 1.89. The second-order valence-electron chi connectivity index (χ2n) is 4.35. The number of carbonyl (C=O) groups is 1. The zero-order valence-electron chi connectivity index (χ0n) is 10.4. The monoisotopic (exact) mass is 276 g/mol. The molecule has 0 spiro atoms. The van der Waals surface area contributed by atoms with Crippen LogP contribution in [0.25, 0.3) is 16.6 Å². The molecule has 0 aliphatic carbocycles. The molecule has 0 bridgehead atoms. The molecule has 1 aliphatic heterocycles. The van der Waals surface area contributed by atoms with Gasteiger partial charge in [-0.1, -0.05) is 0 Å². The molecule has 1 aromatic carbocycles. The first-order valence-electron chi connectivity index (χ1n) is 5.84. The Kier molecular flexibility index (Phi) is 2.74. The maximum atomic E-state index is 13.2. The molecule has 0 saturated carbocycles. The van der Waals surface area contributed by atoms with Gasteiger partial charge in [-0.15, -0.1) is 0 Å². The summed E-state index contributed by atoms with van der Waals surface area (Å²) in [6.45, 7) is 1.42. The molecule has 0 amide bonds. The number of aromatic amines is 1. The lowest BCUT2D eigenvalue weighted by Gasteiger charge is -2.14. The van der Waals surface area contributed by atoms with Crippen molar-refractivity contribution in [2.24, 2.45) is 0 Å². The number of ketones is 1. The number of halogens is 2. The largest absolute Gasteiger partial charge is 0.338 e. The van der Waals surface area contributed by atoms with Gasteiger partial charge >= 0.3 is 0 Å². The van der Waals surface area contributed by atoms with E-state index in [1.807, 2.05) is 0 Å². The van der Waals surface area contributed by atoms with Crippen LogP contribution in [0, 0.1) is 11.6 Å². The van der Waals surface area contributed by atoms with Crippen LogP contribution in [0.15, 0.2) is 30.1 Å². The fraction of sp³-hybridized carbons (Fsp3) is 0.0769. The summed E-state index contributed by atoms with van der Waals surface area (Å²) in [7, 11) is 0. The van der Waals surface area contributed by atoms with E-state index >= 15 is 0 Å². The molecule has 0 atom stereocenters. The molecular weight excluding hydrogens is 266 g/mol. The van der Waals surface area contributed by atoms with Crippen molar-refractivity contribution in [3.8, 4) is 0 Å². The van der Waals surface area contributed by atoms with E-state index in [0.29, 0.717) is 28.1 Å². The normalized spacial score (nSPS) is 14.3. The molecule has 0 fully saturated rings. The third kappa shape index (κ3) is 2.03. The number of nitrogens with zero attached hydrogens (tertiary/aromatic N) is 1. The first kappa shape index (κ1) is 12.3. The Morgan fingerprint density at radius 1 is 1.25 bits per heavy atom. The lowest BCUT2D eigenvalue weighted by molar-refractivity contribution is -0.114. The van der Waals surface area contributed by atoms with Crippen molar-refractivity contribution in [1.82, 2.24) is 20.8 Å². The zero-order valence-corrected chi connectivity index (χ0v) is 10.4. The summed E-state index contributed by atoms with van der Waals surface area (Å²) in [5.74, 6) is -1.62. The number of hydrogen-bond acceptors (Lipinski definition) is 4. The van der Waals surface area contributed by atoms with Gasteiger partial charge in [0.15, 0.2) is 17.4 Å². The highest BCUT2D eigenvalue weighted by Crippen LogP contribution is 2.21. The topological polar surface area (TPSA) is 69.8 Å². The van der Waals surface area contributed by atoms with Gasteiger partial charge in [0.1, 0.15) is 5.82 Å². The minimum absolute atomic E-state index is 0.142. The maximum Gasteiger partial charge on any atom is 0.177 e. The molecule has 1 aliphatic rings. The van der Waals surface area contributed by atoms with Crippen LogP contribution in [-0.2, 0) is 4.79 Å². The van der Waals surface area contributed by atoms with Crippen LogP contribution in [0.1, 0.15) is 12.7 Å². The lowest BCUT2D eigenvalue weighted by Crippen LogP contribution is -2.32. The molecular formula is C13H10F2N4O. The van der Waals surface area contributed by atoms with E-state index in [2.05, 4.69) is 20.8 Å². The van der Waals surface area contributed by atoms with Gasteiger partial charge in [-0.3, -0.25) is 10.2 Å². The number of H-pyrrole nitrogens is 1. The molecule has 102 valence electrons. The number of benzene rings is 1. The summed E-state index contributed by atoms with van der Waals surface area (Å²) >= 11 is 0. The Morgan fingerprint density at radius 2 is 2.00 bits per heavy atom. The zero-order chi connectivity index (χ0) is 14.3. The number of allylic oxidation sites excluding steroid dienone is 3. The number of rotatable bonds is 2. The number of hydrogen-bond donors (Lipinski definition) is 3. The minimum atomic E-state index is -0.951. The molecule has 0 saturated heterocycles. The van der Waals surface area contributed by atoms with Crippen LogP contribution < -0.4 is 10.9 Å². The van der Waals surface area contributed by atoms with E-state index in [1.54, 1.807) is 12.3 Å². The molecule has 2 aromatic rings. The molecule has 0 radical (unpaired) electrons. The van der Waals surface area contributed by atoms with E-state index in [-0.39, 0.29) is 5.78 Å². The van der Waals surface area contributed by atoms with Crippen LogP contribution >= 0.6 is 0 Å². The predicted octanol–water partition coefficient (Wildman–Crippen LogP) is 1.76. The molecule has 5 nitrogen and oxygen atoms in total. The number of fused-ring (bicyclic) bond motifs is 1. The van der Waals surface area contributed by atoms with Crippen molar-refractivity contribution in [2.45, 2.75) is 6.92 Å². The summed E-state index contributed by atoms with van der Waals surface area (Å²) in [6, 6.07) is 2.07. The van der Waals surface area contributed by atoms with Gasteiger partial charge < -0.3 is 10.4 Å². The second-order valence-corrected chi connectivity index (χ2v) is 4.35. The molecule has 20 heavy (non-hydrogen) atoms. The Hall–Kier alpha value is -2.70. The summed E-state index contributed by atoms with van der Waals surface area (Å²) in [6.07, 6.45) is 3.19. The Balaban J connectivity index is 2.07. The summed E-state index contributed by atoms with van der Waals surface area (Å²) < 4.78 is 26.3. The Bertz CT molecular complexity index is 737. The quantitative estimate of drug-likeness (QED) is 0.781. The van der Waals surface area contributed by atoms with Gasteiger partial charge in [-0.05, 0) is 6.08 Å². The van der Waals surface area contributed by atoms with Crippen molar-refractivity contribution in [2.75, 3.05) is 0 Å². The summed E-state index contributed by atoms with van der Waals surface area (Å²) in [5, 5.41) is 0. The number of imidazole rings is 1. The van der Waals surface area contributed by atoms with E-state index in [0.717, 1.165) is 12.1 Å². The molecule has 1 aromatic heterocycles. The number of carbonyl (C=O) groups excluding carboxylic acids is 1. The standard InChI is InChI=1S/C13H10F2N4O/c1-6(20)10-2-7(5-16-19-10)13-17-11-3-8(14)9(15)4-12(11)18-13/h2-5,16,19H,1H3,(H,17,18). The predicted molar refractivity (Wildman–Crippen MR) is 69.0 cm³/mol. The third-order valence-corrected chi connectivity index (χ3v) is 2.91. The Labute approximate surface area is 112 Å². The number of hydrazine groups is 1. The average molecular weight is 276 g/mol. The van der Waals surface area contributed by atoms with Crippen LogP contribution in [-0.4, -0.2) is 15.8 Å². The third-order valence-electron chi connectivity index (χ3n) is 2.91. The number of aromatic nitrogens is 2. The van der Waals surface area contributed by atoms with Gasteiger partial charge in [0.2, 0.25) is 0 Å². The van der Waals surface area contributed by atoms with Crippen LogP contribution in [0.2, 0.25) is 0 Å². The lowest BCUT2D eigenvalue weighted by atomic mass is 10.2. The fourth-order valence-electron chi connectivity index (χ4n) is 1.89. The second kappa shape index (κ2) is 4.44. The molecule has 3 rings (SSSR count). The molecule has 0 unspecified atom stereocenters. The van der Waals surface area contributed by atoms with Gasteiger partial charge in [-0.25, -0.2) is 13.8 Å². The minimum Gasteiger partial charge on any atom is -0.338 e. The highest BCUT2D eigenvalue weighted by atomic mass is 19.2. The number of Topliss-reactive ketones (excluding diaryl/α,β-unsaturated/α-hetero) is 1. The highest BCUT2D eigenvalue weighted by molar-refractivity contribution is 5.96. The van der Waals surface area contributed by atoms with E-state index < -0.39 is 11.6 Å². The van der Waals surface area contributed by atoms with Gasteiger partial charge in [0.25, 0.3) is 0 Å². The van der Waals surface area contributed by atoms with Crippen LogP contribution in [0.4, 0.5) is 8.78 Å². The highest BCUT2D eigenvalue weighted by Gasteiger charge is 2.14. The SMILES string of the molecule is CC(=O)C1=CC(c2nc3cc(F)c(F)cc3[nH]2)=CNN1. The first-order chi connectivity index (χ1) is 9.54. The molecule has 7 heteroatoms. The van der Waals surface area contributed by atoms with Crippen molar-refractivity contribution in [3.05, 3.63) is 47.6 Å². The average Bonchev–Trinajstić information content (AvgIpc) is 2.82. The summed E-state index contributed by atoms with van der Waals surface area (Å²) in [5.41, 5.74) is 7.10. The van der Waals surface area contributed by atoms with Gasteiger partial charge in [-0.2, -0.15) is 0 Å². The smallest absolute Gasteiger partial charge is 0.177 e. The number of nitrogens with one attached hydrogen (secondary N) is 3. The van der Waals surface area contributed by atoms with Gasteiger partial charge in [0, 0.05) is 30.8 Å². The van der Waals surface area contributed by atoms with Crippen LogP contribution in [0.5, 0.6) is 0 Å². The van der Waals surface area contributed by atoms with Crippen molar-refractivity contribution in [3.63, 3.8) is 0 Å². The van der Waals surface area contributed by atoms with E-state index in [1.165, 1.54) is 6.92 Å². The van der Waals surface area contributed by atoms with Crippen molar-refractivity contribution in [1.29, 1.82) is 0 Å². The Morgan fingerprint density at radius 3 is 2.75 bits per heavy atom. The summed E-state index contributed by atoms with van der Waals surface area (Å²) in [4.78, 5) is 18.4. The van der Waals surface area contributed by atoms with Crippen LogP contribution in [0.3, 0.4) is 0 Å². The maximum absolute atomic E-state index is 13.2. The molecule has 2 heterocycles. The molecule has 3 N–H and O–H groups in total. The van der Waals surface area contributed by atoms with Gasteiger partial charge in [0.05, 0.1) is 16.7 Å². The van der Waals surface area contributed by atoms with E-state index in [9.17, 15) is 13.6 Å².